The number of aromatic carboxylic acids is 1. The third-order valence-corrected chi connectivity index (χ3v) is 1.91. The summed E-state index contributed by atoms with van der Waals surface area (Å²) in [5, 5.41) is 8.69. The first-order chi connectivity index (χ1) is 7.32. The number of hydrogen-bond donors (Lipinski definition) is 1. The first kappa shape index (κ1) is 12.2. The lowest BCUT2D eigenvalue weighted by molar-refractivity contribution is -0.170. The van der Waals surface area contributed by atoms with Gasteiger partial charge in [-0.05, 0) is 11.6 Å². The third kappa shape index (κ3) is 2.82. The van der Waals surface area contributed by atoms with Gasteiger partial charge < -0.3 is 5.11 Å². The highest BCUT2D eigenvalue weighted by molar-refractivity contribution is 5.93. The number of rotatable bonds is 3. The van der Waals surface area contributed by atoms with Crippen LogP contribution >= 0.6 is 0 Å². The van der Waals surface area contributed by atoms with Crippen molar-refractivity contribution in [3.8, 4) is 0 Å². The lowest BCUT2D eigenvalue weighted by Gasteiger charge is -2.07. The molecule has 0 unspecified atom stereocenters. The molecular formula is C10H7F3O3. The van der Waals surface area contributed by atoms with Crippen LogP contribution in [0.3, 0.4) is 0 Å². The van der Waals surface area contributed by atoms with Crippen molar-refractivity contribution in [3.05, 3.63) is 35.4 Å². The highest BCUT2D eigenvalue weighted by Crippen LogP contribution is 2.20. The fourth-order valence-electron chi connectivity index (χ4n) is 1.16. The molecule has 0 radical (unpaired) electrons. The predicted octanol–water partition coefficient (Wildman–Crippen LogP) is 2.06. The molecule has 0 amide bonds. The van der Waals surface area contributed by atoms with Gasteiger partial charge in [0.15, 0.2) is 0 Å². The summed E-state index contributed by atoms with van der Waals surface area (Å²) in [6.07, 6.45) is -5.89. The molecule has 0 bridgehead atoms. The van der Waals surface area contributed by atoms with Crippen molar-refractivity contribution in [2.24, 2.45) is 0 Å². The van der Waals surface area contributed by atoms with Gasteiger partial charge in [-0.25, -0.2) is 4.79 Å². The van der Waals surface area contributed by atoms with Crippen molar-refractivity contribution >= 4 is 11.8 Å². The van der Waals surface area contributed by atoms with Gasteiger partial charge in [0.25, 0.3) is 0 Å². The van der Waals surface area contributed by atoms with Gasteiger partial charge in [-0.1, -0.05) is 18.2 Å². The zero-order valence-corrected chi connectivity index (χ0v) is 7.91. The number of alkyl halides is 3. The van der Waals surface area contributed by atoms with Crippen LogP contribution in [0.4, 0.5) is 13.2 Å². The molecule has 0 aliphatic rings. The molecule has 1 aromatic rings. The van der Waals surface area contributed by atoms with Crippen LogP contribution in [0, 0.1) is 0 Å². The second-order valence-corrected chi connectivity index (χ2v) is 3.06. The Labute approximate surface area is 88.5 Å². The number of carbonyl (C=O) groups is 2. The lowest BCUT2D eigenvalue weighted by atomic mass is 10.0. The van der Waals surface area contributed by atoms with Crippen LogP contribution in [0.1, 0.15) is 15.9 Å². The lowest BCUT2D eigenvalue weighted by Crippen LogP contribution is -2.25. The van der Waals surface area contributed by atoms with Crippen molar-refractivity contribution in [2.45, 2.75) is 12.6 Å². The van der Waals surface area contributed by atoms with Gasteiger partial charge in [0.2, 0.25) is 5.78 Å². The van der Waals surface area contributed by atoms with E-state index in [0.29, 0.717) is 0 Å². The summed E-state index contributed by atoms with van der Waals surface area (Å²) in [5.74, 6) is -3.31. The summed E-state index contributed by atoms with van der Waals surface area (Å²) in [6.45, 7) is 0. The Kier molecular flexibility index (Phi) is 3.31. The number of carbonyl (C=O) groups excluding carboxylic acids is 1. The van der Waals surface area contributed by atoms with E-state index in [0.717, 1.165) is 6.07 Å². The van der Waals surface area contributed by atoms with E-state index in [1.807, 2.05) is 0 Å². The van der Waals surface area contributed by atoms with E-state index < -0.39 is 24.3 Å². The fourth-order valence-corrected chi connectivity index (χ4v) is 1.16. The predicted molar refractivity (Wildman–Crippen MR) is 48.2 cm³/mol. The summed E-state index contributed by atoms with van der Waals surface area (Å²) in [4.78, 5) is 21.4. The molecule has 0 saturated heterocycles. The minimum absolute atomic E-state index is 0.141. The Bertz CT molecular complexity index is 424. The molecule has 0 aliphatic heterocycles. The van der Waals surface area contributed by atoms with Gasteiger partial charge in [0.05, 0.1) is 5.56 Å². The van der Waals surface area contributed by atoms with E-state index in [-0.39, 0.29) is 11.1 Å². The molecule has 86 valence electrons. The first-order valence-corrected chi connectivity index (χ1v) is 4.23. The zero-order valence-electron chi connectivity index (χ0n) is 7.91. The molecule has 0 aliphatic carbocycles. The number of Topliss-reactive ketones (excluding diaryl/α,β-unsaturated/α-hetero) is 1. The first-order valence-electron chi connectivity index (χ1n) is 4.23. The van der Waals surface area contributed by atoms with E-state index >= 15 is 0 Å². The number of carboxylic acids is 1. The third-order valence-electron chi connectivity index (χ3n) is 1.91. The summed E-state index contributed by atoms with van der Waals surface area (Å²) >= 11 is 0. The molecule has 0 heterocycles. The zero-order chi connectivity index (χ0) is 12.3. The Balaban J connectivity index is 2.98. The largest absolute Gasteiger partial charge is 0.478 e. The van der Waals surface area contributed by atoms with Crippen molar-refractivity contribution in [3.63, 3.8) is 0 Å². The number of carboxylic acid groups (broad SMARTS) is 1. The minimum atomic E-state index is -4.94. The highest BCUT2D eigenvalue weighted by Gasteiger charge is 2.38. The maximum Gasteiger partial charge on any atom is 0.450 e. The van der Waals surface area contributed by atoms with Gasteiger partial charge in [-0.3, -0.25) is 4.79 Å². The Morgan fingerprint density at radius 2 is 1.75 bits per heavy atom. The SMILES string of the molecule is O=C(O)c1ccccc1CC(=O)C(F)(F)F. The smallest absolute Gasteiger partial charge is 0.450 e. The van der Waals surface area contributed by atoms with Crippen molar-refractivity contribution in [1.29, 1.82) is 0 Å². The van der Waals surface area contributed by atoms with Crippen LogP contribution < -0.4 is 0 Å². The number of ketones is 1. The molecule has 0 fully saturated rings. The summed E-state index contributed by atoms with van der Waals surface area (Å²) in [6, 6.07) is 5.10. The van der Waals surface area contributed by atoms with Gasteiger partial charge >= 0.3 is 12.1 Å². The summed E-state index contributed by atoms with van der Waals surface area (Å²) < 4.78 is 35.9. The van der Waals surface area contributed by atoms with E-state index in [9.17, 15) is 22.8 Å². The average molecular weight is 232 g/mol. The van der Waals surface area contributed by atoms with Gasteiger partial charge in [0, 0.05) is 6.42 Å². The van der Waals surface area contributed by atoms with Crippen LogP contribution in [0.15, 0.2) is 24.3 Å². The Morgan fingerprint density at radius 3 is 2.25 bits per heavy atom. The normalized spacial score (nSPS) is 11.2. The minimum Gasteiger partial charge on any atom is -0.478 e. The van der Waals surface area contributed by atoms with Crippen molar-refractivity contribution in [1.82, 2.24) is 0 Å². The standard InChI is InChI=1S/C10H7F3O3/c11-10(12,13)8(14)5-6-3-1-2-4-7(6)9(15)16/h1-4H,5H2,(H,15,16). The van der Waals surface area contributed by atoms with Crippen LogP contribution in [-0.2, 0) is 11.2 Å². The Morgan fingerprint density at radius 1 is 1.19 bits per heavy atom. The van der Waals surface area contributed by atoms with Gasteiger partial charge in [-0.2, -0.15) is 13.2 Å². The number of halogens is 3. The summed E-state index contributed by atoms with van der Waals surface area (Å²) in [5.41, 5.74) is -0.433. The summed E-state index contributed by atoms with van der Waals surface area (Å²) in [7, 11) is 0. The van der Waals surface area contributed by atoms with E-state index in [2.05, 4.69) is 0 Å². The molecule has 0 saturated carbocycles. The van der Waals surface area contributed by atoms with Crippen molar-refractivity contribution in [2.75, 3.05) is 0 Å². The molecule has 1 N–H and O–H groups in total. The van der Waals surface area contributed by atoms with E-state index in [1.54, 1.807) is 0 Å². The second-order valence-electron chi connectivity index (χ2n) is 3.06. The Hall–Kier alpha value is -1.85. The molecule has 0 spiro atoms. The number of benzene rings is 1. The molecule has 1 aromatic carbocycles. The average Bonchev–Trinajstić information content (AvgIpc) is 2.16. The molecule has 1 rings (SSSR count). The maximum atomic E-state index is 12.0. The topological polar surface area (TPSA) is 54.4 Å². The van der Waals surface area contributed by atoms with Crippen LogP contribution in [-0.4, -0.2) is 23.0 Å². The van der Waals surface area contributed by atoms with Crippen molar-refractivity contribution < 1.29 is 27.9 Å². The highest BCUT2D eigenvalue weighted by atomic mass is 19.4. The molecule has 0 atom stereocenters. The molecule has 16 heavy (non-hydrogen) atoms. The van der Waals surface area contributed by atoms with Gasteiger partial charge in [0.1, 0.15) is 0 Å². The molecule has 3 nitrogen and oxygen atoms in total. The van der Waals surface area contributed by atoms with E-state index in [1.165, 1.54) is 18.2 Å². The maximum absolute atomic E-state index is 12.0. The quantitative estimate of drug-likeness (QED) is 0.867. The van der Waals surface area contributed by atoms with Crippen LogP contribution in [0.2, 0.25) is 0 Å². The number of hydrogen-bond acceptors (Lipinski definition) is 2. The monoisotopic (exact) mass is 232 g/mol. The second kappa shape index (κ2) is 4.34. The van der Waals surface area contributed by atoms with Crippen LogP contribution in [0.25, 0.3) is 0 Å². The molecule has 6 heteroatoms. The van der Waals surface area contributed by atoms with Crippen LogP contribution in [0.5, 0.6) is 0 Å². The molecular weight excluding hydrogens is 225 g/mol. The van der Waals surface area contributed by atoms with E-state index in [4.69, 9.17) is 5.11 Å². The van der Waals surface area contributed by atoms with Gasteiger partial charge in [-0.15, -0.1) is 0 Å². The fraction of sp³-hybridized carbons (Fsp3) is 0.200. The molecule has 0 aromatic heterocycles.